The van der Waals surface area contributed by atoms with Crippen LogP contribution in [0.15, 0.2) is 12.4 Å². The van der Waals surface area contributed by atoms with Crippen molar-refractivity contribution in [2.75, 3.05) is 0 Å². The van der Waals surface area contributed by atoms with E-state index in [1.807, 2.05) is 10.9 Å². The predicted molar refractivity (Wildman–Crippen MR) is 51.6 cm³/mol. The third-order valence-corrected chi connectivity index (χ3v) is 3.50. The minimum atomic E-state index is -0.187. The summed E-state index contributed by atoms with van der Waals surface area (Å²) in [6, 6.07) is 3.08. The van der Waals surface area contributed by atoms with Gasteiger partial charge in [-0.05, 0) is 32.1 Å². The molecule has 0 radical (unpaired) electrons. The maximum Gasteiger partial charge on any atom is 0.0852 e. The Labute approximate surface area is 83.3 Å². The average Bonchev–Trinajstić information content (AvgIpc) is 2.86. The zero-order chi connectivity index (χ0) is 9.60. The lowest BCUT2D eigenvalue weighted by Crippen LogP contribution is -2.31. The highest BCUT2D eigenvalue weighted by Gasteiger charge is 2.40. The van der Waals surface area contributed by atoms with Crippen LogP contribution in [0.5, 0.6) is 0 Å². The molecule has 3 nitrogen and oxygen atoms in total. The van der Waals surface area contributed by atoms with Crippen LogP contribution >= 0.6 is 0 Å². The van der Waals surface area contributed by atoms with Crippen LogP contribution in [0.25, 0.3) is 0 Å². The molecule has 2 aliphatic rings. The van der Waals surface area contributed by atoms with Crippen LogP contribution in [0, 0.1) is 11.3 Å². The molecule has 0 amide bonds. The molecule has 2 saturated carbocycles. The van der Waals surface area contributed by atoms with E-state index in [-0.39, 0.29) is 5.41 Å². The molecule has 3 heteroatoms. The predicted octanol–water partition coefficient (Wildman–Crippen LogP) is 2.16. The van der Waals surface area contributed by atoms with Crippen LogP contribution in [0.4, 0.5) is 0 Å². The van der Waals surface area contributed by atoms with Gasteiger partial charge in [-0.15, -0.1) is 0 Å². The monoisotopic (exact) mass is 187 g/mol. The van der Waals surface area contributed by atoms with E-state index in [4.69, 9.17) is 5.26 Å². The largest absolute Gasteiger partial charge is 0.269 e. The van der Waals surface area contributed by atoms with Gasteiger partial charge in [0, 0.05) is 11.8 Å². The second-order valence-electron chi connectivity index (χ2n) is 4.49. The standard InChI is InChI=1S/C11H13N3/c12-8-11(4-1-5-11)9-6-13-14(7-9)10-2-3-10/h6-7,10H,1-5H2. The third-order valence-electron chi connectivity index (χ3n) is 3.50. The summed E-state index contributed by atoms with van der Waals surface area (Å²) < 4.78 is 2.03. The highest BCUT2D eigenvalue weighted by atomic mass is 15.3. The van der Waals surface area contributed by atoms with Gasteiger partial charge < -0.3 is 0 Å². The van der Waals surface area contributed by atoms with Crippen LogP contribution in [0.2, 0.25) is 0 Å². The van der Waals surface area contributed by atoms with Crippen molar-refractivity contribution in [2.45, 2.75) is 43.6 Å². The summed E-state index contributed by atoms with van der Waals surface area (Å²) in [6.07, 6.45) is 9.68. The fourth-order valence-electron chi connectivity index (χ4n) is 2.12. The Morgan fingerprint density at radius 1 is 1.50 bits per heavy atom. The van der Waals surface area contributed by atoms with Crippen LogP contribution in [-0.2, 0) is 5.41 Å². The number of nitriles is 1. The molecule has 72 valence electrons. The van der Waals surface area contributed by atoms with E-state index in [0.29, 0.717) is 6.04 Å². The van der Waals surface area contributed by atoms with E-state index >= 15 is 0 Å². The number of hydrogen-bond donors (Lipinski definition) is 0. The molecule has 1 aromatic rings. The van der Waals surface area contributed by atoms with Gasteiger partial charge in [0.25, 0.3) is 0 Å². The lowest BCUT2D eigenvalue weighted by molar-refractivity contribution is 0.324. The molecule has 2 fully saturated rings. The zero-order valence-corrected chi connectivity index (χ0v) is 8.11. The van der Waals surface area contributed by atoms with Gasteiger partial charge in [0.2, 0.25) is 0 Å². The van der Waals surface area contributed by atoms with E-state index in [1.165, 1.54) is 19.3 Å². The fourth-order valence-corrected chi connectivity index (χ4v) is 2.12. The van der Waals surface area contributed by atoms with Crippen molar-refractivity contribution in [3.63, 3.8) is 0 Å². The van der Waals surface area contributed by atoms with Crippen molar-refractivity contribution in [3.8, 4) is 6.07 Å². The first-order valence-electron chi connectivity index (χ1n) is 5.30. The first-order chi connectivity index (χ1) is 6.84. The molecule has 0 unspecified atom stereocenters. The fraction of sp³-hybridized carbons (Fsp3) is 0.636. The van der Waals surface area contributed by atoms with Crippen LogP contribution in [0.1, 0.15) is 43.7 Å². The third kappa shape index (κ3) is 1.00. The molecular weight excluding hydrogens is 174 g/mol. The van der Waals surface area contributed by atoms with Crippen molar-refractivity contribution in [1.82, 2.24) is 9.78 Å². The van der Waals surface area contributed by atoms with E-state index in [1.54, 1.807) is 0 Å². The molecule has 0 spiro atoms. The first-order valence-corrected chi connectivity index (χ1v) is 5.30. The second kappa shape index (κ2) is 2.60. The molecule has 0 bridgehead atoms. The Kier molecular flexibility index (Phi) is 1.49. The average molecular weight is 187 g/mol. The number of nitrogens with zero attached hydrogens (tertiary/aromatic N) is 3. The van der Waals surface area contributed by atoms with Gasteiger partial charge in [-0.25, -0.2) is 0 Å². The lowest BCUT2D eigenvalue weighted by atomic mass is 9.66. The van der Waals surface area contributed by atoms with Gasteiger partial charge in [-0.2, -0.15) is 10.4 Å². The summed E-state index contributed by atoms with van der Waals surface area (Å²) in [7, 11) is 0. The molecule has 0 N–H and O–H groups in total. The van der Waals surface area contributed by atoms with Crippen LogP contribution in [0.3, 0.4) is 0 Å². The summed E-state index contributed by atoms with van der Waals surface area (Å²) in [5, 5.41) is 13.5. The van der Waals surface area contributed by atoms with Crippen molar-refractivity contribution in [3.05, 3.63) is 18.0 Å². The van der Waals surface area contributed by atoms with Gasteiger partial charge in [0.1, 0.15) is 0 Å². The van der Waals surface area contributed by atoms with E-state index in [0.717, 1.165) is 18.4 Å². The van der Waals surface area contributed by atoms with Gasteiger partial charge in [-0.3, -0.25) is 4.68 Å². The summed E-state index contributed by atoms with van der Waals surface area (Å²) in [6.45, 7) is 0. The smallest absolute Gasteiger partial charge is 0.0852 e. The summed E-state index contributed by atoms with van der Waals surface area (Å²) >= 11 is 0. The molecule has 0 atom stereocenters. The van der Waals surface area contributed by atoms with Crippen LogP contribution in [-0.4, -0.2) is 9.78 Å². The van der Waals surface area contributed by atoms with Crippen LogP contribution < -0.4 is 0 Å². The number of aromatic nitrogens is 2. The Hall–Kier alpha value is -1.30. The summed E-state index contributed by atoms with van der Waals surface area (Å²) in [4.78, 5) is 0. The molecule has 1 aromatic heterocycles. The van der Waals surface area contributed by atoms with Crippen molar-refractivity contribution in [2.24, 2.45) is 0 Å². The molecular formula is C11H13N3. The highest BCUT2D eigenvalue weighted by molar-refractivity contribution is 5.32. The Morgan fingerprint density at radius 3 is 2.79 bits per heavy atom. The second-order valence-corrected chi connectivity index (χ2v) is 4.49. The minimum Gasteiger partial charge on any atom is -0.269 e. The molecule has 14 heavy (non-hydrogen) atoms. The maximum atomic E-state index is 9.17. The Balaban J connectivity index is 1.92. The van der Waals surface area contributed by atoms with Gasteiger partial charge in [-0.1, -0.05) is 0 Å². The van der Waals surface area contributed by atoms with Crippen molar-refractivity contribution in [1.29, 1.82) is 5.26 Å². The SMILES string of the molecule is N#CC1(c2cnn(C3CC3)c2)CCC1. The molecule has 1 heterocycles. The normalized spacial score (nSPS) is 23.9. The Morgan fingerprint density at radius 2 is 2.29 bits per heavy atom. The number of hydrogen-bond acceptors (Lipinski definition) is 2. The Bertz CT molecular complexity index is 391. The molecule has 0 aromatic carbocycles. The highest BCUT2D eigenvalue weighted by Crippen LogP contribution is 2.44. The molecule has 2 aliphatic carbocycles. The molecule has 0 saturated heterocycles. The summed E-state index contributed by atoms with van der Waals surface area (Å²) in [5.74, 6) is 0. The topological polar surface area (TPSA) is 41.6 Å². The van der Waals surface area contributed by atoms with Gasteiger partial charge >= 0.3 is 0 Å². The maximum absolute atomic E-state index is 9.17. The van der Waals surface area contributed by atoms with Gasteiger partial charge in [0.15, 0.2) is 0 Å². The summed E-state index contributed by atoms with van der Waals surface area (Å²) in [5.41, 5.74) is 0.950. The zero-order valence-electron chi connectivity index (χ0n) is 8.11. The van der Waals surface area contributed by atoms with Gasteiger partial charge in [0.05, 0.1) is 23.7 Å². The van der Waals surface area contributed by atoms with Crippen molar-refractivity contribution >= 4 is 0 Å². The van der Waals surface area contributed by atoms with E-state index < -0.39 is 0 Å². The van der Waals surface area contributed by atoms with Crippen molar-refractivity contribution < 1.29 is 0 Å². The molecule has 3 rings (SSSR count). The minimum absolute atomic E-state index is 0.187. The quantitative estimate of drug-likeness (QED) is 0.712. The first kappa shape index (κ1) is 8.05. The number of rotatable bonds is 2. The van der Waals surface area contributed by atoms with E-state index in [9.17, 15) is 0 Å². The lowest BCUT2D eigenvalue weighted by Gasteiger charge is -2.34. The molecule has 0 aliphatic heterocycles. The van der Waals surface area contributed by atoms with E-state index in [2.05, 4.69) is 17.4 Å².